The minimum absolute atomic E-state index is 0.0199. The quantitative estimate of drug-likeness (QED) is 0.646. The Balaban J connectivity index is 2.33. The lowest BCUT2D eigenvalue weighted by atomic mass is 9.96. The number of sulfonamides is 1. The van der Waals surface area contributed by atoms with Gasteiger partial charge < -0.3 is 0 Å². The van der Waals surface area contributed by atoms with E-state index in [1.165, 1.54) is 4.31 Å². The Bertz CT molecular complexity index is 594. The van der Waals surface area contributed by atoms with Gasteiger partial charge in [-0.2, -0.15) is 4.31 Å². The van der Waals surface area contributed by atoms with Crippen LogP contribution in [0.2, 0.25) is 5.02 Å². The standard InChI is InChI=1S/C13H16Br2ClNO2S/c1-17(12-5-3-2-4-10(12)15)20(18,19)13-7-6-9(14)8-11(13)16/h6-8,10,12H,2-5H2,1H3. The summed E-state index contributed by atoms with van der Waals surface area (Å²) in [5.41, 5.74) is 0. The molecule has 2 atom stereocenters. The van der Waals surface area contributed by atoms with Crippen molar-refractivity contribution in [2.45, 2.75) is 41.4 Å². The van der Waals surface area contributed by atoms with Crippen molar-refractivity contribution in [3.05, 3.63) is 27.7 Å². The molecule has 1 saturated carbocycles. The fourth-order valence-corrected chi connectivity index (χ4v) is 6.02. The second-order valence-corrected chi connectivity index (χ2v) is 9.43. The third kappa shape index (κ3) is 3.40. The van der Waals surface area contributed by atoms with Crippen molar-refractivity contribution in [1.82, 2.24) is 4.31 Å². The van der Waals surface area contributed by atoms with Crippen LogP contribution in [-0.4, -0.2) is 30.6 Å². The van der Waals surface area contributed by atoms with E-state index < -0.39 is 10.0 Å². The minimum Gasteiger partial charge on any atom is -0.207 e. The molecule has 3 nitrogen and oxygen atoms in total. The Morgan fingerprint density at radius 1 is 1.30 bits per heavy atom. The number of hydrogen-bond donors (Lipinski definition) is 0. The van der Waals surface area contributed by atoms with Gasteiger partial charge in [-0.15, -0.1) is 0 Å². The van der Waals surface area contributed by atoms with Crippen molar-refractivity contribution in [1.29, 1.82) is 0 Å². The van der Waals surface area contributed by atoms with Crippen molar-refractivity contribution in [2.24, 2.45) is 0 Å². The minimum atomic E-state index is -3.57. The number of benzene rings is 1. The Morgan fingerprint density at radius 2 is 1.95 bits per heavy atom. The normalized spacial score (nSPS) is 24.1. The second-order valence-electron chi connectivity index (χ2n) is 4.96. The zero-order valence-electron chi connectivity index (χ0n) is 11.0. The molecule has 1 aromatic carbocycles. The van der Waals surface area contributed by atoms with Gasteiger partial charge in [-0.05, 0) is 31.0 Å². The highest BCUT2D eigenvalue weighted by molar-refractivity contribution is 9.10. The van der Waals surface area contributed by atoms with Crippen LogP contribution in [0.15, 0.2) is 27.6 Å². The third-order valence-corrected chi connectivity index (χ3v) is 7.59. The van der Waals surface area contributed by atoms with E-state index in [0.29, 0.717) is 0 Å². The summed E-state index contributed by atoms with van der Waals surface area (Å²) >= 11 is 13.0. The summed E-state index contributed by atoms with van der Waals surface area (Å²) in [5.74, 6) is 0. The SMILES string of the molecule is CN(C1CCCCC1Br)S(=O)(=O)c1ccc(Br)cc1Cl. The van der Waals surface area contributed by atoms with E-state index in [0.717, 1.165) is 30.2 Å². The molecular weight excluding hydrogens is 429 g/mol. The largest absolute Gasteiger partial charge is 0.244 e. The molecule has 0 aliphatic heterocycles. The lowest BCUT2D eigenvalue weighted by molar-refractivity contribution is 0.297. The maximum Gasteiger partial charge on any atom is 0.244 e. The zero-order chi connectivity index (χ0) is 14.9. The predicted octanol–water partition coefficient (Wildman–Crippen LogP) is 4.43. The van der Waals surface area contributed by atoms with E-state index in [2.05, 4.69) is 31.9 Å². The molecule has 0 bridgehead atoms. The van der Waals surface area contributed by atoms with Crippen LogP contribution < -0.4 is 0 Å². The van der Waals surface area contributed by atoms with E-state index in [1.54, 1.807) is 25.2 Å². The highest BCUT2D eigenvalue weighted by atomic mass is 79.9. The predicted molar refractivity (Wildman–Crippen MR) is 89.1 cm³/mol. The van der Waals surface area contributed by atoms with Gasteiger partial charge in [0, 0.05) is 22.4 Å². The summed E-state index contributed by atoms with van der Waals surface area (Å²) in [4.78, 5) is 0.361. The Hall–Kier alpha value is 0.380. The van der Waals surface area contributed by atoms with Crippen molar-refractivity contribution in [3.63, 3.8) is 0 Å². The Kier molecular flexibility index (Phi) is 5.57. The molecule has 1 aliphatic rings. The monoisotopic (exact) mass is 443 g/mol. The molecule has 112 valence electrons. The van der Waals surface area contributed by atoms with Crippen molar-refractivity contribution < 1.29 is 8.42 Å². The van der Waals surface area contributed by atoms with Crippen LogP contribution in [0.1, 0.15) is 25.7 Å². The molecule has 0 N–H and O–H groups in total. The summed E-state index contributed by atoms with van der Waals surface area (Å²) in [6.07, 6.45) is 4.07. The first-order valence-corrected chi connectivity index (χ1v) is 9.94. The smallest absolute Gasteiger partial charge is 0.207 e. The van der Waals surface area contributed by atoms with Gasteiger partial charge in [-0.1, -0.05) is 56.3 Å². The van der Waals surface area contributed by atoms with Crippen LogP contribution in [0.5, 0.6) is 0 Å². The lowest BCUT2D eigenvalue weighted by Gasteiger charge is -2.34. The second kappa shape index (κ2) is 6.65. The number of halogens is 3. The lowest BCUT2D eigenvalue weighted by Crippen LogP contribution is -2.44. The summed E-state index contributed by atoms with van der Waals surface area (Å²) < 4.78 is 27.7. The van der Waals surface area contributed by atoms with Gasteiger partial charge >= 0.3 is 0 Å². The molecule has 7 heteroatoms. The molecule has 0 amide bonds. The molecule has 0 heterocycles. The van der Waals surface area contributed by atoms with E-state index >= 15 is 0 Å². The Labute approximate surface area is 142 Å². The number of nitrogens with zero attached hydrogens (tertiary/aromatic N) is 1. The van der Waals surface area contributed by atoms with Crippen LogP contribution in [-0.2, 0) is 10.0 Å². The van der Waals surface area contributed by atoms with Gasteiger partial charge in [0.15, 0.2) is 0 Å². The fourth-order valence-electron chi connectivity index (χ4n) is 2.49. The van der Waals surface area contributed by atoms with Gasteiger partial charge in [-0.3, -0.25) is 0 Å². The summed E-state index contributed by atoms with van der Waals surface area (Å²) in [5, 5.41) is 0.244. The molecule has 0 saturated heterocycles. The van der Waals surface area contributed by atoms with Crippen molar-refractivity contribution in [3.8, 4) is 0 Å². The van der Waals surface area contributed by atoms with E-state index in [9.17, 15) is 8.42 Å². The van der Waals surface area contributed by atoms with E-state index in [4.69, 9.17) is 11.6 Å². The molecule has 1 aliphatic carbocycles. The molecule has 0 spiro atoms. The van der Waals surface area contributed by atoms with Gasteiger partial charge in [0.25, 0.3) is 0 Å². The van der Waals surface area contributed by atoms with Crippen LogP contribution in [0.3, 0.4) is 0 Å². The Morgan fingerprint density at radius 3 is 2.55 bits per heavy atom. The fraction of sp³-hybridized carbons (Fsp3) is 0.538. The molecule has 0 radical (unpaired) electrons. The molecule has 1 fully saturated rings. The third-order valence-electron chi connectivity index (χ3n) is 3.67. The van der Waals surface area contributed by atoms with Gasteiger partial charge in [0.2, 0.25) is 10.0 Å². The number of rotatable bonds is 3. The van der Waals surface area contributed by atoms with Crippen LogP contribution >= 0.6 is 43.5 Å². The summed E-state index contributed by atoms with van der Waals surface area (Å²) in [7, 11) is -1.93. The van der Waals surface area contributed by atoms with Gasteiger partial charge in [-0.25, -0.2) is 8.42 Å². The average molecular weight is 446 g/mol. The first-order chi connectivity index (χ1) is 9.34. The highest BCUT2D eigenvalue weighted by Crippen LogP contribution is 2.33. The summed E-state index contributed by atoms with van der Waals surface area (Å²) in [6, 6.07) is 4.83. The van der Waals surface area contributed by atoms with Gasteiger partial charge in [0.1, 0.15) is 4.90 Å². The average Bonchev–Trinajstić information content (AvgIpc) is 2.38. The van der Waals surface area contributed by atoms with Crippen LogP contribution in [0.25, 0.3) is 0 Å². The first kappa shape index (κ1) is 16.7. The maximum absolute atomic E-state index is 12.7. The van der Waals surface area contributed by atoms with Crippen LogP contribution in [0, 0.1) is 0 Å². The molecule has 20 heavy (non-hydrogen) atoms. The zero-order valence-corrected chi connectivity index (χ0v) is 15.8. The maximum atomic E-state index is 12.7. The van der Waals surface area contributed by atoms with Crippen molar-refractivity contribution in [2.75, 3.05) is 7.05 Å². The highest BCUT2D eigenvalue weighted by Gasteiger charge is 2.34. The molecule has 2 rings (SSSR count). The first-order valence-electron chi connectivity index (χ1n) is 6.41. The number of alkyl halides is 1. The summed E-state index contributed by atoms with van der Waals surface area (Å²) in [6.45, 7) is 0. The van der Waals surface area contributed by atoms with Gasteiger partial charge in [0.05, 0.1) is 5.02 Å². The van der Waals surface area contributed by atoms with Crippen LogP contribution in [0.4, 0.5) is 0 Å². The topological polar surface area (TPSA) is 37.4 Å². The van der Waals surface area contributed by atoms with E-state index in [1.807, 2.05) is 0 Å². The van der Waals surface area contributed by atoms with E-state index in [-0.39, 0.29) is 20.8 Å². The molecule has 2 unspecified atom stereocenters. The molecular formula is C13H16Br2ClNO2S. The molecule has 1 aromatic rings. The molecule has 0 aromatic heterocycles. The van der Waals surface area contributed by atoms with Crippen molar-refractivity contribution >= 4 is 53.5 Å². The number of hydrogen-bond acceptors (Lipinski definition) is 2.